The number of ether oxygens (including phenoxy) is 1. The van der Waals surface area contributed by atoms with E-state index in [9.17, 15) is 18.8 Å². The fraction of sp³-hybridized carbons (Fsp3) is 0.455. The smallest absolute Gasteiger partial charge is 0.387 e. The van der Waals surface area contributed by atoms with Crippen LogP contribution < -0.4 is 10.5 Å². The highest BCUT2D eigenvalue weighted by molar-refractivity contribution is 6.31. The summed E-state index contributed by atoms with van der Waals surface area (Å²) in [4.78, 5) is 31.0. The molecular formula is C33H36ClF2N9O3. The Morgan fingerprint density at radius 1 is 1.15 bits per heavy atom. The summed E-state index contributed by atoms with van der Waals surface area (Å²) in [6.07, 6.45) is 12.4. The molecule has 252 valence electrons. The highest BCUT2D eigenvalue weighted by Gasteiger charge is 2.44. The predicted molar refractivity (Wildman–Crippen MR) is 173 cm³/mol. The Kier molecular flexibility index (Phi) is 9.88. The van der Waals surface area contributed by atoms with Crippen molar-refractivity contribution in [3.05, 3.63) is 54.1 Å². The topological polar surface area (TPSA) is 148 Å². The van der Waals surface area contributed by atoms with Gasteiger partial charge in [0.25, 0.3) is 0 Å². The number of carbonyl (C=O) groups excluding carboxylic acids is 2. The van der Waals surface area contributed by atoms with Crippen LogP contribution in [0, 0.1) is 28.6 Å². The molecule has 0 spiro atoms. The van der Waals surface area contributed by atoms with E-state index in [1.807, 2.05) is 4.90 Å². The summed E-state index contributed by atoms with van der Waals surface area (Å²) in [5, 5.41) is 19.4. The van der Waals surface area contributed by atoms with Crippen LogP contribution in [0.3, 0.4) is 0 Å². The lowest BCUT2D eigenvalue weighted by Crippen LogP contribution is -2.40. The van der Waals surface area contributed by atoms with E-state index >= 15 is 0 Å². The zero-order valence-corrected chi connectivity index (χ0v) is 27.0. The molecule has 2 saturated heterocycles. The van der Waals surface area contributed by atoms with E-state index in [2.05, 4.69) is 26.8 Å². The first-order chi connectivity index (χ1) is 23.2. The van der Waals surface area contributed by atoms with Crippen LogP contribution in [-0.2, 0) is 16.1 Å². The molecule has 0 bridgehead atoms. The molecule has 5 heterocycles. The fourth-order valence-electron chi connectivity index (χ4n) is 7.43. The van der Waals surface area contributed by atoms with Crippen molar-refractivity contribution in [2.24, 2.45) is 23.0 Å². The number of likely N-dealkylation sites (tertiary alicyclic amines) is 2. The summed E-state index contributed by atoms with van der Waals surface area (Å²) >= 11 is 6.29. The number of fused-ring (bicyclic) bond motifs is 2. The van der Waals surface area contributed by atoms with Gasteiger partial charge in [-0.2, -0.15) is 24.2 Å². The molecule has 3 fully saturated rings. The van der Waals surface area contributed by atoms with Gasteiger partial charge in [-0.25, -0.2) is 9.50 Å². The number of nitriles is 1. The van der Waals surface area contributed by atoms with Gasteiger partial charge in [0, 0.05) is 67.5 Å². The van der Waals surface area contributed by atoms with Crippen molar-refractivity contribution in [2.75, 3.05) is 32.7 Å². The van der Waals surface area contributed by atoms with Crippen molar-refractivity contribution in [1.82, 2.24) is 34.2 Å². The predicted octanol–water partition coefficient (Wildman–Crippen LogP) is 4.48. The average Bonchev–Trinajstić information content (AvgIpc) is 3.85. The van der Waals surface area contributed by atoms with Crippen LogP contribution in [-0.4, -0.2) is 85.8 Å². The van der Waals surface area contributed by atoms with Crippen molar-refractivity contribution >= 4 is 29.6 Å². The standard InChI is InChI=1S/C32H33ClF2N8O2.CH3NO/c33-23-5-6-27(45-31(34)35)24(11-23)29-26(25-12-38-43-10-4-9-37-30(25)43)17-42(39-29)18-28(44)41-15-21-13-40(14-22(21)16-41)20-32(19-36)7-2-1-3-8-32;2-1-3/h4-6,9-12,17,21-22,31H,1-3,7-8,13-16,18,20H2;1H,(H2,2,3)/t21-,22+;. The number of aromatic nitrogens is 5. The Bertz CT molecular complexity index is 1800. The number of hydrogen-bond acceptors (Lipinski definition) is 8. The highest BCUT2D eigenvalue weighted by atomic mass is 35.5. The third-order valence-corrected chi connectivity index (χ3v) is 9.76. The number of nitrogens with two attached hydrogens (primary N) is 1. The van der Waals surface area contributed by atoms with Crippen LogP contribution in [0.25, 0.3) is 28.0 Å². The lowest BCUT2D eigenvalue weighted by Gasteiger charge is -2.34. The second-order valence-electron chi connectivity index (χ2n) is 12.7. The number of nitrogens with zero attached hydrogens (tertiary/aromatic N) is 8. The van der Waals surface area contributed by atoms with E-state index in [-0.39, 0.29) is 35.6 Å². The number of primary amides is 1. The molecule has 1 aromatic carbocycles. The maximum atomic E-state index is 13.6. The first-order valence-corrected chi connectivity index (χ1v) is 16.3. The second-order valence-corrected chi connectivity index (χ2v) is 13.1. The molecule has 0 unspecified atom stereocenters. The van der Waals surface area contributed by atoms with Gasteiger partial charge in [0.2, 0.25) is 12.3 Å². The molecule has 2 atom stereocenters. The number of carbonyl (C=O) groups is 2. The van der Waals surface area contributed by atoms with Crippen LogP contribution >= 0.6 is 11.6 Å². The third-order valence-electron chi connectivity index (χ3n) is 9.53. The van der Waals surface area contributed by atoms with Crippen LogP contribution in [0.5, 0.6) is 5.75 Å². The number of halogens is 3. The first kappa shape index (κ1) is 33.3. The van der Waals surface area contributed by atoms with Gasteiger partial charge >= 0.3 is 6.61 Å². The Labute approximate surface area is 281 Å². The van der Waals surface area contributed by atoms with Gasteiger partial charge in [0.15, 0.2) is 5.65 Å². The third kappa shape index (κ3) is 6.97. The number of hydrogen-bond donors (Lipinski definition) is 1. The molecule has 0 radical (unpaired) electrons. The summed E-state index contributed by atoms with van der Waals surface area (Å²) in [6, 6.07) is 8.77. The molecule has 2 aliphatic heterocycles. The molecule has 3 aromatic heterocycles. The van der Waals surface area contributed by atoms with Crippen molar-refractivity contribution in [1.29, 1.82) is 5.26 Å². The van der Waals surface area contributed by atoms with Gasteiger partial charge in [-0.3, -0.25) is 14.3 Å². The van der Waals surface area contributed by atoms with Gasteiger partial charge in [0.1, 0.15) is 18.0 Å². The number of alkyl halides is 2. The Morgan fingerprint density at radius 2 is 1.88 bits per heavy atom. The van der Waals surface area contributed by atoms with Gasteiger partial charge in [-0.05, 0) is 48.9 Å². The zero-order valence-electron chi connectivity index (χ0n) is 26.2. The minimum absolute atomic E-state index is 0.0219. The molecule has 2 N–H and O–H groups in total. The summed E-state index contributed by atoms with van der Waals surface area (Å²) in [5.41, 5.74) is 6.25. The molecule has 4 aromatic rings. The summed E-state index contributed by atoms with van der Waals surface area (Å²) < 4.78 is 34.7. The molecule has 1 saturated carbocycles. The SMILES string of the molecule is N#CC1(CN2C[C@@H]3CN(C(=O)Cn4cc(-c5cnn6cccnc56)c(-c5cc(Cl)ccc5OC(F)F)n4)C[C@@H]3C2)CCCCC1.NC=O. The van der Waals surface area contributed by atoms with Crippen molar-refractivity contribution in [3.63, 3.8) is 0 Å². The minimum Gasteiger partial charge on any atom is -0.434 e. The number of rotatable bonds is 8. The highest BCUT2D eigenvalue weighted by Crippen LogP contribution is 2.41. The molecule has 1 aliphatic carbocycles. The second kappa shape index (κ2) is 14.2. The van der Waals surface area contributed by atoms with Gasteiger partial charge in [-0.15, -0.1) is 0 Å². The molecule has 2 amide bonds. The Hall–Kier alpha value is -4.61. The summed E-state index contributed by atoms with van der Waals surface area (Å²) in [7, 11) is 0. The summed E-state index contributed by atoms with van der Waals surface area (Å²) in [5.74, 6) is 0.607. The molecular weight excluding hydrogens is 644 g/mol. The van der Waals surface area contributed by atoms with Crippen LogP contribution in [0.2, 0.25) is 5.02 Å². The van der Waals surface area contributed by atoms with E-state index in [1.54, 1.807) is 35.4 Å². The van der Waals surface area contributed by atoms with Crippen LogP contribution in [0.4, 0.5) is 8.78 Å². The maximum Gasteiger partial charge on any atom is 0.387 e. The molecule has 48 heavy (non-hydrogen) atoms. The van der Waals surface area contributed by atoms with Crippen LogP contribution in [0.1, 0.15) is 32.1 Å². The van der Waals surface area contributed by atoms with E-state index in [0.29, 0.717) is 52.4 Å². The largest absolute Gasteiger partial charge is 0.434 e. The maximum absolute atomic E-state index is 13.6. The minimum atomic E-state index is -3.05. The summed E-state index contributed by atoms with van der Waals surface area (Å²) in [6.45, 7) is 0.885. The molecule has 15 heteroatoms. The van der Waals surface area contributed by atoms with Crippen molar-refractivity contribution in [2.45, 2.75) is 45.3 Å². The fourth-order valence-corrected chi connectivity index (χ4v) is 7.60. The molecule has 7 rings (SSSR count). The van der Waals surface area contributed by atoms with Crippen molar-refractivity contribution < 1.29 is 23.1 Å². The Morgan fingerprint density at radius 3 is 2.56 bits per heavy atom. The van der Waals surface area contributed by atoms with E-state index < -0.39 is 6.61 Å². The lowest BCUT2D eigenvalue weighted by molar-refractivity contribution is -0.131. The average molecular weight is 680 g/mol. The van der Waals surface area contributed by atoms with Gasteiger partial charge in [-0.1, -0.05) is 30.9 Å². The van der Waals surface area contributed by atoms with E-state index in [4.69, 9.17) is 26.2 Å². The quantitative estimate of drug-likeness (QED) is 0.268. The lowest BCUT2D eigenvalue weighted by atomic mass is 9.75. The number of benzene rings is 1. The molecule has 3 aliphatic rings. The van der Waals surface area contributed by atoms with Crippen LogP contribution in [0.15, 0.2) is 49.1 Å². The number of amides is 2. The van der Waals surface area contributed by atoms with E-state index in [1.165, 1.54) is 29.3 Å². The Balaban J connectivity index is 0.00000129. The van der Waals surface area contributed by atoms with Gasteiger partial charge in [0.05, 0.1) is 23.2 Å². The first-order valence-electron chi connectivity index (χ1n) is 15.9. The van der Waals surface area contributed by atoms with Crippen molar-refractivity contribution in [3.8, 4) is 34.2 Å². The van der Waals surface area contributed by atoms with Gasteiger partial charge < -0.3 is 20.3 Å². The molecule has 12 nitrogen and oxygen atoms in total. The van der Waals surface area contributed by atoms with E-state index in [0.717, 1.165) is 45.3 Å². The zero-order chi connectivity index (χ0) is 33.8. The normalized spacial score (nSPS) is 20.3. The monoisotopic (exact) mass is 679 g/mol.